The highest BCUT2D eigenvalue weighted by molar-refractivity contribution is 6.31. The number of nitrogens with one attached hydrogen (secondary N) is 2. The molecular formula is C19H16ClN3O2. The molecule has 2 aromatic carbocycles. The van der Waals surface area contributed by atoms with Gasteiger partial charge in [0.1, 0.15) is 11.6 Å². The Morgan fingerprint density at radius 1 is 1.28 bits per heavy atom. The van der Waals surface area contributed by atoms with E-state index in [-0.39, 0.29) is 22.9 Å². The molecule has 0 aliphatic heterocycles. The van der Waals surface area contributed by atoms with Crippen LogP contribution < -0.4 is 5.73 Å². The largest absolute Gasteiger partial charge is 0.507 e. The van der Waals surface area contributed by atoms with Gasteiger partial charge < -0.3 is 15.8 Å². The highest BCUT2D eigenvalue weighted by atomic mass is 35.5. The van der Waals surface area contributed by atoms with Crippen molar-refractivity contribution in [1.29, 1.82) is 5.41 Å². The fourth-order valence-corrected chi connectivity index (χ4v) is 3.82. The molecule has 0 unspecified atom stereocenters. The molecular weight excluding hydrogens is 338 g/mol. The van der Waals surface area contributed by atoms with Gasteiger partial charge in [-0.1, -0.05) is 31.5 Å². The number of amidine groups is 1. The first kappa shape index (κ1) is 15.7. The number of nitrogen functional groups attached to an aromatic ring is 1. The summed E-state index contributed by atoms with van der Waals surface area (Å²) in [6.07, 6.45) is 0. The van der Waals surface area contributed by atoms with Gasteiger partial charge in [-0.25, -0.2) is 0 Å². The lowest BCUT2D eigenvalue weighted by molar-refractivity contribution is 0.103. The lowest BCUT2D eigenvalue weighted by atomic mass is 9.71. The molecule has 5 N–H and O–H groups in total. The molecule has 1 heterocycles. The van der Waals surface area contributed by atoms with E-state index in [2.05, 4.69) is 4.98 Å². The van der Waals surface area contributed by atoms with E-state index in [1.54, 1.807) is 12.1 Å². The molecule has 0 atom stereocenters. The maximum atomic E-state index is 13.2. The summed E-state index contributed by atoms with van der Waals surface area (Å²) in [5, 5.41) is 19.2. The second kappa shape index (κ2) is 4.86. The first-order chi connectivity index (χ1) is 11.7. The van der Waals surface area contributed by atoms with Crippen molar-refractivity contribution in [2.75, 3.05) is 0 Å². The third-order valence-corrected chi connectivity index (χ3v) is 5.19. The summed E-state index contributed by atoms with van der Waals surface area (Å²) in [5.41, 5.74) is 8.50. The van der Waals surface area contributed by atoms with E-state index in [9.17, 15) is 9.90 Å². The molecule has 0 bridgehead atoms. The standard InChI is InChI=1S/C19H16ClN3O2/c1-19(2)12-7-14(24)11(18(21)22)6-10(12)16(25)15-9-4-3-8(20)5-13(9)23-17(15)19/h3-7,23-24H,1-2H3,(H3,21,22). The zero-order valence-electron chi connectivity index (χ0n) is 13.7. The Kier molecular flexibility index (Phi) is 3.06. The van der Waals surface area contributed by atoms with Gasteiger partial charge in [0, 0.05) is 32.6 Å². The van der Waals surface area contributed by atoms with Crippen LogP contribution in [0.2, 0.25) is 5.02 Å². The van der Waals surface area contributed by atoms with E-state index in [4.69, 9.17) is 22.7 Å². The number of hydrogen-bond acceptors (Lipinski definition) is 3. The monoisotopic (exact) mass is 353 g/mol. The number of fused-ring (bicyclic) bond motifs is 4. The van der Waals surface area contributed by atoms with Crippen molar-refractivity contribution in [3.05, 3.63) is 63.3 Å². The summed E-state index contributed by atoms with van der Waals surface area (Å²) in [6, 6.07) is 8.42. The molecule has 1 aliphatic rings. The number of aromatic amines is 1. The Hall–Kier alpha value is -2.79. The number of hydrogen-bond donors (Lipinski definition) is 4. The van der Waals surface area contributed by atoms with E-state index >= 15 is 0 Å². The Morgan fingerprint density at radius 2 is 2.00 bits per heavy atom. The molecule has 0 radical (unpaired) electrons. The predicted molar refractivity (Wildman–Crippen MR) is 98.0 cm³/mol. The van der Waals surface area contributed by atoms with Crippen LogP contribution in [0.15, 0.2) is 30.3 Å². The second-order valence-corrected chi connectivity index (χ2v) is 7.28. The van der Waals surface area contributed by atoms with Crippen LogP contribution >= 0.6 is 11.6 Å². The number of halogens is 1. The van der Waals surface area contributed by atoms with Gasteiger partial charge in [0.15, 0.2) is 5.78 Å². The van der Waals surface area contributed by atoms with Crippen molar-refractivity contribution in [1.82, 2.24) is 4.98 Å². The van der Waals surface area contributed by atoms with E-state index in [0.29, 0.717) is 21.7 Å². The van der Waals surface area contributed by atoms with Crippen LogP contribution in [0.1, 0.15) is 46.6 Å². The van der Waals surface area contributed by atoms with E-state index < -0.39 is 5.41 Å². The minimum atomic E-state index is -0.531. The normalized spacial score (nSPS) is 15.1. The van der Waals surface area contributed by atoms with E-state index in [0.717, 1.165) is 16.6 Å². The average molecular weight is 354 g/mol. The summed E-state index contributed by atoms with van der Waals surface area (Å²) in [4.78, 5) is 16.5. The van der Waals surface area contributed by atoms with Crippen LogP contribution in [-0.2, 0) is 5.41 Å². The van der Waals surface area contributed by atoms with Crippen molar-refractivity contribution in [2.24, 2.45) is 5.73 Å². The summed E-state index contributed by atoms with van der Waals surface area (Å²) in [6.45, 7) is 3.97. The van der Waals surface area contributed by atoms with Gasteiger partial charge in [0.25, 0.3) is 0 Å². The van der Waals surface area contributed by atoms with Crippen molar-refractivity contribution in [2.45, 2.75) is 19.3 Å². The molecule has 4 rings (SSSR count). The van der Waals surface area contributed by atoms with Gasteiger partial charge in [-0.05, 0) is 29.8 Å². The smallest absolute Gasteiger partial charge is 0.195 e. The van der Waals surface area contributed by atoms with Crippen LogP contribution in [0.5, 0.6) is 5.75 Å². The van der Waals surface area contributed by atoms with E-state index in [1.165, 1.54) is 12.1 Å². The molecule has 0 saturated heterocycles. The Morgan fingerprint density at radius 3 is 2.68 bits per heavy atom. The van der Waals surface area contributed by atoms with Crippen LogP contribution in [0.25, 0.3) is 10.9 Å². The molecule has 0 amide bonds. The van der Waals surface area contributed by atoms with Gasteiger partial charge in [-0.15, -0.1) is 0 Å². The molecule has 3 aromatic rings. The number of aromatic nitrogens is 1. The molecule has 1 aromatic heterocycles. The van der Waals surface area contributed by atoms with Crippen LogP contribution in [-0.4, -0.2) is 21.7 Å². The van der Waals surface area contributed by atoms with Gasteiger partial charge in [0.05, 0.1) is 11.1 Å². The lowest BCUT2D eigenvalue weighted by Crippen LogP contribution is -2.31. The maximum Gasteiger partial charge on any atom is 0.195 e. The molecule has 0 saturated carbocycles. The second-order valence-electron chi connectivity index (χ2n) is 6.85. The number of carbonyl (C=O) groups is 1. The van der Waals surface area contributed by atoms with E-state index in [1.807, 2.05) is 19.9 Å². The molecule has 126 valence electrons. The Bertz CT molecular complexity index is 1100. The number of rotatable bonds is 1. The minimum Gasteiger partial charge on any atom is -0.507 e. The molecule has 1 aliphatic carbocycles. The summed E-state index contributed by atoms with van der Waals surface area (Å²) in [7, 11) is 0. The van der Waals surface area contributed by atoms with Crippen molar-refractivity contribution >= 4 is 34.1 Å². The first-order valence-corrected chi connectivity index (χ1v) is 8.18. The summed E-state index contributed by atoms with van der Waals surface area (Å²) >= 11 is 6.08. The molecule has 25 heavy (non-hydrogen) atoms. The van der Waals surface area contributed by atoms with Gasteiger partial charge in [-0.3, -0.25) is 10.2 Å². The SMILES string of the molecule is CC1(C)c2cc(O)c(C(=N)N)cc2C(=O)c2c1[nH]c1cc(Cl)ccc21. The summed E-state index contributed by atoms with van der Waals surface area (Å²) in [5.74, 6) is -0.530. The number of H-pyrrole nitrogens is 1. The summed E-state index contributed by atoms with van der Waals surface area (Å²) < 4.78 is 0. The zero-order valence-corrected chi connectivity index (χ0v) is 14.5. The Labute approximate surface area is 148 Å². The number of nitrogens with two attached hydrogens (primary N) is 1. The fraction of sp³-hybridized carbons (Fsp3) is 0.158. The van der Waals surface area contributed by atoms with Crippen molar-refractivity contribution in [3.63, 3.8) is 0 Å². The van der Waals surface area contributed by atoms with Crippen LogP contribution in [0.3, 0.4) is 0 Å². The number of carbonyl (C=O) groups excluding carboxylic acids is 1. The third-order valence-electron chi connectivity index (χ3n) is 4.96. The number of phenolic OH excluding ortho intramolecular Hbond substituents is 1. The number of phenols is 1. The topological polar surface area (TPSA) is 103 Å². The molecule has 5 nitrogen and oxygen atoms in total. The first-order valence-electron chi connectivity index (χ1n) is 7.80. The van der Waals surface area contributed by atoms with Crippen molar-refractivity contribution in [3.8, 4) is 5.75 Å². The fourth-order valence-electron chi connectivity index (χ4n) is 3.65. The van der Waals surface area contributed by atoms with Gasteiger partial charge >= 0.3 is 0 Å². The van der Waals surface area contributed by atoms with Gasteiger partial charge in [0.2, 0.25) is 0 Å². The number of aromatic hydroxyl groups is 1. The highest BCUT2D eigenvalue weighted by Gasteiger charge is 2.40. The quantitative estimate of drug-likeness (QED) is 0.396. The number of benzene rings is 2. The van der Waals surface area contributed by atoms with Crippen LogP contribution in [0, 0.1) is 5.41 Å². The van der Waals surface area contributed by atoms with Crippen LogP contribution in [0.4, 0.5) is 0 Å². The van der Waals surface area contributed by atoms with Gasteiger partial charge in [-0.2, -0.15) is 0 Å². The predicted octanol–water partition coefficient (Wildman–Crippen LogP) is 3.68. The third kappa shape index (κ3) is 2.02. The Balaban J connectivity index is 2.09. The number of ketones is 1. The minimum absolute atomic E-state index is 0.102. The maximum absolute atomic E-state index is 13.2. The molecule has 6 heteroatoms. The lowest BCUT2D eigenvalue weighted by Gasteiger charge is -2.32. The molecule has 0 spiro atoms. The zero-order chi connectivity index (χ0) is 18.1. The molecule has 0 fully saturated rings. The van der Waals surface area contributed by atoms with Crippen molar-refractivity contribution < 1.29 is 9.90 Å². The highest BCUT2D eigenvalue weighted by Crippen LogP contribution is 2.45. The average Bonchev–Trinajstić information content (AvgIpc) is 2.92.